The number of hydrogen-bond donors (Lipinski definition) is 1. The van der Waals surface area contributed by atoms with Crippen molar-refractivity contribution in [1.29, 1.82) is 0 Å². The number of esters is 1. The Bertz CT molecular complexity index is 1170. The van der Waals surface area contributed by atoms with Crippen LogP contribution in [0.3, 0.4) is 0 Å². The number of aliphatic hydroxyl groups excluding tert-OH is 1. The Morgan fingerprint density at radius 1 is 0.917 bits per heavy atom. The van der Waals surface area contributed by atoms with Crippen molar-refractivity contribution in [3.05, 3.63) is 89.8 Å². The molecule has 0 spiro atoms. The van der Waals surface area contributed by atoms with Crippen LogP contribution in [-0.2, 0) is 22.4 Å². The molecule has 0 fully saturated rings. The Hall–Kier alpha value is -3.44. The number of aryl methyl sites for hydroxylation is 1. The molecular weight excluding hydrogens is 455 g/mol. The van der Waals surface area contributed by atoms with Crippen LogP contribution in [0.1, 0.15) is 44.2 Å². The average molecular weight is 491 g/mol. The van der Waals surface area contributed by atoms with E-state index >= 15 is 4.39 Å². The Balaban J connectivity index is 1.79. The first-order valence-corrected chi connectivity index (χ1v) is 12.5. The van der Waals surface area contributed by atoms with E-state index in [-0.39, 0.29) is 25.6 Å². The van der Waals surface area contributed by atoms with Crippen molar-refractivity contribution in [2.45, 2.75) is 46.0 Å². The quantitative estimate of drug-likeness (QED) is 0.160. The lowest BCUT2D eigenvalue weighted by Gasteiger charge is -2.14. The van der Waals surface area contributed by atoms with Gasteiger partial charge in [-0.2, -0.15) is 0 Å². The molecule has 0 atom stereocenters. The van der Waals surface area contributed by atoms with Crippen molar-refractivity contribution in [2.75, 3.05) is 19.8 Å². The number of hydrogen-bond acceptors (Lipinski definition) is 4. The third-order valence-corrected chi connectivity index (χ3v) is 6.00. The standard InChI is InChI=1S/C31H35FO4/c1-4-5-6-7-23-8-10-24(11-9-23)28-14-12-26(21-29(28)32)25-13-15-30(35-19-17-33)27(20-25)16-18-36-31(34)22(2)3/h8-15,20-21,33H,2,4-7,16-19H2,1,3H3. The number of ether oxygens (including phenoxy) is 2. The van der Waals surface area contributed by atoms with Gasteiger partial charge in [-0.15, -0.1) is 0 Å². The molecule has 3 aromatic rings. The molecule has 0 saturated carbocycles. The molecule has 0 bridgehead atoms. The maximum Gasteiger partial charge on any atom is 0.333 e. The zero-order chi connectivity index (χ0) is 25.9. The lowest BCUT2D eigenvalue weighted by Crippen LogP contribution is -2.10. The first-order valence-electron chi connectivity index (χ1n) is 12.5. The van der Waals surface area contributed by atoms with Crippen LogP contribution in [0.5, 0.6) is 5.75 Å². The van der Waals surface area contributed by atoms with Gasteiger partial charge in [0.2, 0.25) is 0 Å². The van der Waals surface area contributed by atoms with Gasteiger partial charge in [-0.25, -0.2) is 9.18 Å². The summed E-state index contributed by atoms with van der Waals surface area (Å²) in [6.07, 6.45) is 5.04. The average Bonchev–Trinajstić information content (AvgIpc) is 2.88. The fourth-order valence-corrected chi connectivity index (χ4v) is 3.99. The second-order valence-corrected chi connectivity index (χ2v) is 8.91. The Labute approximate surface area is 213 Å². The van der Waals surface area contributed by atoms with Gasteiger partial charge in [0, 0.05) is 17.6 Å². The molecule has 0 aliphatic carbocycles. The summed E-state index contributed by atoms with van der Waals surface area (Å²) in [6.45, 7) is 7.57. The van der Waals surface area contributed by atoms with Gasteiger partial charge in [-0.3, -0.25) is 0 Å². The molecule has 0 radical (unpaired) electrons. The van der Waals surface area contributed by atoms with E-state index in [1.54, 1.807) is 25.1 Å². The van der Waals surface area contributed by atoms with Gasteiger partial charge in [-0.05, 0) is 65.8 Å². The summed E-state index contributed by atoms with van der Waals surface area (Å²) in [5, 5.41) is 9.13. The van der Waals surface area contributed by atoms with E-state index in [2.05, 4.69) is 25.6 Å². The van der Waals surface area contributed by atoms with Crippen LogP contribution in [0.4, 0.5) is 4.39 Å². The highest BCUT2D eigenvalue weighted by atomic mass is 19.1. The molecule has 36 heavy (non-hydrogen) atoms. The van der Waals surface area contributed by atoms with Crippen molar-refractivity contribution < 1.29 is 23.8 Å². The largest absolute Gasteiger partial charge is 0.491 e. The molecule has 0 unspecified atom stereocenters. The fraction of sp³-hybridized carbons (Fsp3) is 0.323. The van der Waals surface area contributed by atoms with Crippen LogP contribution in [-0.4, -0.2) is 30.9 Å². The van der Waals surface area contributed by atoms with Crippen LogP contribution >= 0.6 is 0 Å². The van der Waals surface area contributed by atoms with E-state index in [4.69, 9.17) is 14.6 Å². The molecule has 3 aromatic carbocycles. The molecular formula is C31H35FO4. The maximum absolute atomic E-state index is 15.2. The summed E-state index contributed by atoms with van der Waals surface area (Å²) in [4.78, 5) is 11.7. The van der Waals surface area contributed by atoms with Crippen molar-refractivity contribution in [2.24, 2.45) is 0 Å². The smallest absolute Gasteiger partial charge is 0.333 e. The highest BCUT2D eigenvalue weighted by Gasteiger charge is 2.12. The molecule has 0 aliphatic rings. The van der Waals surface area contributed by atoms with Gasteiger partial charge in [0.1, 0.15) is 18.2 Å². The van der Waals surface area contributed by atoms with E-state index in [9.17, 15) is 4.79 Å². The van der Waals surface area contributed by atoms with E-state index in [0.717, 1.165) is 28.7 Å². The van der Waals surface area contributed by atoms with Crippen molar-refractivity contribution in [3.8, 4) is 28.0 Å². The van der Waals surface area contributed by atoms with Crippen molar-refractivity contribution in [1.82, 2.24) is 0 Å². The SMILES string of the molecule is C=C(C)C(=O)OCCc1cc(-c2ccc(-c3ccc(CCCCC)cc3)c(F)c2)ccc1OCCO. The van der Waals surface area contributed by atoms with Gasteiger partial charge < -0.3 is 14.6 Å². The first kappa shape index (κ1) is 27.2. The summed E-state index contributed by atoms with van der Waals surface area (Å²) in [7, 11) is 0. The van der Waals surface area contributed by atoms with Crippen LogP contribution in [0.25, 0.3) is 22.3 Å². The number of unbranched alkanes of at least 4 members (excludes halogenated alkanes) is 2. The van der Waals surface area contributed by atoms with Crippen molar-refractivity contribution >= 4 is 5.97 Å². The summed E-state index contributed by atoms with van der Waals surface area (Å²) in [5.41, 5.74) is 5.39. The monoisotopic (exact) mass is 490 g/mol. The highest BCUT2D eigenvalue weighted by Crippen LogP contribution is 2.31. The van der Waals surface area contributed by atoms with E-state index < -0.39 is 5.97 Å². The molecule has 5 heteroatoms. The Morgan fingerprint density at radius 2 is 1.61 bits per heavy atom. The van der Waals surface area contributed by atoms with E-state index in [0.29, 0.717) is 23.3 Å². The van der Waals surface area contributed by atoms with Crippen LogP contribution in [0.15, 0.2) is 72.8 Å². The van der Waals surface area contributed by atoms with Crippen LogP contribution in [0.2, 0.25) is 0 Å². The number of rotatable bonds is 13. The molecule has 3 rings (SSSR count). The molecule has 190 valence electrons. The zero-order valence-electron chi connectivity index (χ0n) is 21.2. The van der Waals surface area contributed by atoms with Crippen LogP contribution < -0.4 is 4.74 Å². The third-order valence-electron chi connectivity index (χ3n) is 6.00. The van der Waals surface area contributed by atoms with Gasteiger partial charge in [0.25, 0.3) is 0 Å². The van der Waals surface area contributed by atoms with Crippen molar-refractivity contribution in [3.63, 3.8) is 0 Å². The summed E-state index contributed by atoms with van der Waals surface area (Å²) >= 11 is 0. The Kier molecular flexibility index (Phi) is 10.3. The maximum atomic E-state index is 15.2. The molecule has 0 saturated heterocycles. The number of carbonyl (C=O) groups is 1. The molecule has 0 aromatic heterocycles. The topological polar surface area (TPSA) is 55.8 Å². The lowest BCUT2D eigenvalue weighted by molar-refractivity contribution is -0.138. The second-order valence-electron chi connectivity index (χ2n) is 8.91. The molecule has 0 amide bonds. The fourth-order valence-electron chi connectivity index (χ4n) is 3.99. The summed E-state index contributed by atoms with van der Waals surface area (Å²) in [6, 6.07) is 18.9. The van der Waals surface area contributed by atoms with Gasteiger partial charge in [0.15, 0.2) is 0 Å². The predicted octanol–water partition coefficient (Wildman–Crippen LogP) is 6.93. The number of carbonyl (C=O) groups excluding carboxylic acids is 1. The first-order chi connectivity index (χ1) is 17.4. The van der Waals surface area contributed by atoms with E-state index in [1.807, 2.05) is 30.3 Å². The molecule has 1 N–H and O–H groups in total. The lowest BCUT2D eigenvalue weighted by atomic mass is 9.96. The normalized spacial score (nSPS) is 10.8. The summed E-state index contributed by atoms with van der Waals surface area (Å²) < 4.78 is 26.0. The molecule has 4 nitrogen and oxygen atoms in total. The van der Waals surface area contributed by atoms with E-state index in [1.165, 1.54) is 24.8 Å². The minimum atomic E-state index is -0.448. The minimum absolute atomic E-state index is 0.113. The highest BCUT2D eigenvalue weighted by molar-refractivity contribution is 5.86. The Morgan fingerprint density at radius 3 is 2.28 bits per heavy atom. The van der Waals surface area contributed by atoms with Gasteiger partial charge in [-0.1, -0.05) is 68.8 Å². The molecule has 0 aliphatic heterocycles. The zero-order valence-corrected chi connectivity index (χ0v) is 21.2. The predicted molar refractivity (Wildman–Crippen MR) is 143 cm³/mol. The van der Waals surface area contributed by atoms with Gasteiger partial charge >= 0.3 is 5.97 Å². The van der Waals surface area contributed by atoms with Crippen LogP contribution in [0, 0.1) is 5.82 Å². The number of aliphatic hydroxyl groups is 1. The third kappa shape index (κ3) is 7.53. The van der Waals surface area contributed by atoms with Gasteiger partial charge in [0.05, 0.1) is 13.2 Å². The number of benzene rings is 3. The molecule has 0 heterocycles. The number of halogens is 1. The minimum Gasteiger partial charge on any atom is -0.491 e. The summed E-state index contributed by atoms with van der Waals surface area (Å²) in [5.74, 6) is -0.144. The second kappa shape index (κ2) is 13.6.